The third kappa shape index (κ3) is 3.12. The van der Waals surface area contributed by atoms with Crippen molar-refractivity contribution in [3.63, 3.8) is 0 Å². The molecule has 1 heterocycles. The first kappa shape index (κ1) is 13.6. The van der Waals surface area contributed by atoms with Crippen molar-refractivity contribution in [3.8, 4) is 0 Å². The highest BCUT2D eigenvalue weighted by Gasteiger charge is 2.24. The van der Waals surface area contributed by atoms with E-state index in [1.165, 1.54) is 36.9 Å². The fourth-order valence-electron chi connectivity index (χ4n) is 2.76. The first-order valence-corrected chi connectivity index (χ1v) is 7.00. The summed E-state index contributed by atoms with van der Waals surface area (Å²) in [7, 11) is 1.79. The van der Waals surface area contributed by atoms with Crippen molar-refractivity contribution in [2.45, 2.75) is 51.2 Å². The zero-order valence-electron chi connectivity index (χ0n) is 11.8. The van der Waals surface area contributed by atoms with E-state index in [0.29, 0.717) is 6.04 Å². The van der Waals surface area contributed by atoms with E-state index in [-0.39, 0.29) is 5.60 Å². The SMILES string of the molecule is COC(C)(C)c1ccccc1CC1CCCCN1. The maximum absolute atomic E-state index is 5.63. The Hall–Kier alpha value is -0.860. The molecule has 0 spiro atoms. The highest BCUT2D eigenvalue weighted by atomic mass is 16.5. The number of rotatable bonds is 4. The van der Waals surface area contributed by atoms with Crippen LogP contribution < -0.4 is 5.32 Å². The standard InChI is InChI=1S/C16H25NO/c1-16(2,18-3)15-10-5-4-8-13(15)12-14-9-6-7-11-17-14/h4-5,8,10,14,17H,6-7,9,11-12H2,1-3H3. The van der Waals surface area contributed by atoms with E-state index in [9.17, 15) is 0 Å². The van der Waals surface area contributed by atoms with Crippen LogP contribution in [-0.4, -0.2) is 19.7 Å². The molecule has 1 aliphatic heterocycles. The number of benzene rings is 1. The summed E-state index contributed by atoms with van der Waals surface area (Å²) in [5.41, 5.74) is 2.54. The lowest BCUT2D eigenvalue weighted by Gasteiger charge is -2.29. The number of nitrogens with one attached hydrogen (secondary N) is 1. The minimum absolute atomic E-state index is 0.203. The van der Waals surface area contributed by atoms with Crippen LogP contribution in [0.2, 0.25) is 0 Å². The summed E-state index contributed by atoms with van der Waals surface area (Å²) in [4.78, 5) is 0. The Kier molecular flexibility index (Phi) is 4.41. The molecule has 1 unspecified atom stereocenters. The maximum atomic E-state index is 5.63. The minimum atomic E-state index is -0.203. The van der Waals surface area contributed by atoms with E-state index in [1.54, 1.807) is 7.11 Å². The van der Waals surface area contributed by atoms with Crippen LogP contribution in [0, 0.1) is 0 Å². The molecule has 1 aromatic carbocycles. The van der Waals surface area contributed by atoms with Crippen LogP contribution in [0.5, 0.6) is 0 Å². The Labute approximate surface area is 111 Å². The first-order valence-electron chi connectivity index (χ1n) is 7.00. The quantitative estimate of drug-likeness (QED) is 0.882. The minimum Gasteiger partial charge on any atom is -0.374 e. The summed E-state index contributed by atoms with van der Waals surface area (Å²) in [6.07, 6.45) is 5.08. The van der Waals surface area contributed by atoms with Crippen molar-refractivity contribution >= 4 is 0 Å². The average Bonchev–Trinajstić information content (AvgIpc) is 2.40. The van der Waals surface area contributed by atoms with Gasteiger partial charge in [0.25, 0.3) is 0 Å². The predicted molar refractivity (Wildman–Crippen MR) is 75.8 cm³/mol. The van der Waals surface area contributed by atoms with Crippen molar-refractivity contribution in [1.29, 1.82) is 0 Å². The Morgan fingerprint density at radius 3 is 2.72 bits per heavy atom. The third-order valence-electron chi connectivity index (χ3n) is 4.05. The van der Waals surface area contributed by atoms with Crippen molar-refractivity contribution in [2.75, 3.05) is 13.7 Å². The summed E-state index contributed by atoms with van der Waals surface area (Å²) in [5.74, 6) is 0. The van der Waals surface area contributed by atoms with E-state index >= 15 is 0 Å². The monoisotopic (exact) mass is 247 g/mol. The molecule has 1 atom stereocenters. The largest absolute Gasteiger partial charge is 0.374 e. The second-order valence-electron chi connectivity index (χ2n) is 5.72. The molecule has 18 heavy (non-hydrogen) atoms. The zero-order valence-corrected chi connectivity index (χ0v) is 11.8. The van der Waals surface area contributed by atoms with Gasteiger partial charge in [0.15, 0.2) is 0 Å². The molecular formula is C16H25NO. The highest BCUT2D eigenvalue weighted by molar-refractivity contribution is 5.32. The van der Waals surface area contributed by atoms with Crippen molar-refractivity contribution in [2.24, 2.45) is 0 Å². The van der Waals surface area contributed by atoms with Gasteiger partial charge in [-0.05, 0) is 50.8 Å². The second kappa shape index (κ2) is 5.85. The Bertz CT molecular complexity index is 380. The maximum Gasteiger partial charge on any atom is 0.0874 e. The molecule has 0 aromatic heterocycles. The van der Waals surface area contributed by atoms with Gasteiger partial charge >= 0.3 is 0 Å². The van der Waals surface area contributed by atoms with E-state index in [0.717, 1.165) is 6.42 Å². The summed E-state index contributed by atoms with van der Waals surface area (Å²) >= 11 is 0. The van der Waals surface area contributed by atoms with Crippen LogP contribution in [0.4, 0.5) is 0 Å². The molecule has 1 saturated heterocycles. The molecule has 0 radical (unpaired) electrons. The van der Waals surface area contributed by atoms with Gasteiger partial charge in [-0.3, -0.25) is 0 Å². The Balaban J connectivity index is 2.16. The molecule has 0 aliphatic carbocycles. The van der Waals surface area contributed by atoms with Gasteiger partial charge in [0.1, 0.15) is 0 Å². The smallest absolute Gasteiger partial charge is 0.0874 e. The fraction of sp³-hybridized carbons (Fsp3) is 0.625. The molecule has 2 rings (SSSR count). The van der Waals surface area contributed by atoms with Crippen LogP contribution >= 0.6 is 0 Å². The van der Waals surface area contributed by atoms with Crippen LogP contribution in [0.25, 0.3) is 0 Å². The average molecular weight is 247 g/mol. The van der Waals surface area contributed by atoms with Crippen LogP contribution in [-0.2, 0) is 16.8 Å². The van der Waals surface area contributed by atoms with E-state index in [2.05, 4.69) is 43.4 Å². The lowest BCUT2D eigenvalue weighted by molar-refractivity contribution is 0.0184. The first-order chi connectivity index (χ1) is 8.63. The van der Waals surface area contributed by atoms with E-state index in [4.69, 9.17) is 4.74 Å². The molecule has 0 bridgehead atoms. The molecule has 2 nitrogen and oxygen atoms in total. The number of ether oxygens (including phenoxy) is 1. The highest BCUT2D eigenvalue weighted by Crippen LogP contribution is 2.28. The van der Waals surface area contributed by atoms with Crippen molar-refractivity contribution in [1.82, 2.24) is 5.32 Å². The molecular weight excluding hydrogens is 222 g/mol. The number of piperidine rings is 1. The molecule has 1 aliphatic rings. The Morgan fingerprint density at radius 1 is 1.28 bits per heavy atom. The van der Waals surface area contributed by atoms with E-state index in [1.807, 2.05) is 0 Å². The number of hydrogen-bond donors (Lipinski definition) is 1. The Morgan fingerprint density at radius 2 is 2.06 bits per heavy atom. The van der Waals surface area contributed by atoms with Crippen LogP contribution in [0.3, 0.4) is 0 Å². The van der Waals surface area contributed by atoms with E-state index < -0.39 is 0 Å². The molecule has 1 aromatic rings. The van der Waals surface area contributed by atoms with Gasteiger partial charge in [-0.15, -0.1) is 0 Å². The molecule has 2 heteroatoms. The third-order valence-corrected chi connectivity index (χ3v) is 4.05. The van der Waals surface area contributed by atoms with Gasteiger partial charge in [0.05, 0.1) is 5.60 Å². The van der Waals surface area contributed by atoms with Crippen molar-refractivity contribution in [3.05, 3.63) is 35.4 Å². The van der Waals surface area contributed by atoms with Gasteiger partial charge < -0.3 is 10.1 Å². The molecule has 0 amide bonds. The van der Waals surface area contributed by atoms with Gasteiger partial charge in [0, 0.05) is 13.2 Å². The summed E-state index contributed by atoms with van der Waals surface area (Å²) in [5, 5.41) is 3.62. The topological polar surface area (TPSA) is 21.3 Å². The van der Waals surface area contributed by atoms with Crippen LogP contribution in [0.15, 0.2) is 24.3 Å². The molecule has 0 saturated carbocycles. The molecule has 1 fully saturated rings. The lowest BCUT2D eigenvalue weighted by Crippen LogP contribution is -2.36. The summed E-state index contributed by atoms with van der Waals surface area (Å²) in [6, 6.07) is 9.31. The number of methoxy groups -OCH3 is 1. The van der Waals surface area contributed by atoms with Gasteiger partial charge in [0.2, 0.25) is 0 Å². The van der Waals surface area contributed by atoms with Crippen molar-refractivity contribution < 1.29 is 4.74 Å². The predicted octanol–water partition coefficient (Wildman–Crippen LogP) is 3.25. The number of hydrogen-bond acceptors (Lipinski definition) is 2. The summed E-state index contributed by atoms with van der Waals surface area (Å²) < 4.78 is 5.63. The molecule has 100 valence electrons. The zero-order chi connectivity index (χ0) is 13.0. The lowest BCUT2D eigenvalue weighted by atomic mass is 9.88. The van der Waals surface area contributed by atoms with Gasteiger partial charge in [-0.2, -0.15) is 0 Å². The van der Waals surface area contributed by atoms with Gasteiger partial charge in [-0.25, -0.2) is 0 Å². The molecule has 1 N–H and O–H groups in total. The normalized spacial score (nSPS) is 20.9. The summed E-state index contributed by atoms with van der Waals surface area (Å²) in [6.45, 7) is 5.45. The van der Waals surface area contributed by atoms with Crippen LogP contribution in [0.1, 0.15) is 44.2 Å². The van der Waals surface area contributed by atoms with Gasteiger partial charge in [-0.1, -0.05) is 30.7 Å². The fourth-order valence-corrected chi connectivity index (χ4v) is 2.76. The second-order valence-corrected chi connectivity index (χ2v) is 5.72.